The predicted molar refractivity (Wildman–Crippen MR) is 120 cm³/mol. The monoisotopic (exact) mass is 454 g/mol. The number of nitrogens with zero attached hydrogens (tertiary/aromatic N) is 2. The van der Waals surface area contributed by atoms with Crippen LogP contribution in [0.25, 0.3) is 11.3 Å². The van der Waals surface area contributed by atoms with Gasteiger partial charge < -0.3 is 19.7 Å². The van der Waals surface area contributed by atoms with Crippen molar-refractivity contribution in [2.45, 2.75) is 26.2 Å². The molecular weight excluding hydrogens is 432 g/mol. The van der Waals surface area contributed by atoms with Gasteiger partial charge in [0.1, 0.15) is 23.0 Å². The number of carboxylic acid groups (broad SMARTS) is 2. The van der Waals surface area contributed by atoms with Crippen LogP contribution in [0.2, 0.25) is 0 Å². The molecule has 0 fully saturated rings. The van der Waals surface area contributed by atoms with E-state index in [1.807, 2.05) is 12.1 Å². The average molecular weight is 454 g/mol. The zero-order chi connectivity index (χ0) is 24.8. The van der Waals surface area contributed by atoms with Crippen molar-refractivity contribution < 1.29 is 34.2 Å². The summed E-state index contributed by atoms with van der Waals surface area (Å²) in [7, 11) is 0. The van der Waals surface area contributed by atoms with Gasteiger partial charge in [-0.3, -0.25) is 10.1 Å². The summed E-state index contributed by atoms with van der Waals surface area (Å²) in [6.45, 7) is 6.28. The molecule has 0 unspecified atom stereocenters. The van der Waals surface area contributed by atoms with Crippen LogP contribution in [-0.4, -0.2) is 38.4 Å². The molecule has 0 aliphatic rings. The number of aromatic hydroxyl groups is 1. The highest BCUT2D eigenvalue weighted by Crippen LogP contribution is 2.32. The van der Waals surface area contributed by atoms with Crippen molar-refractivity contribution in [3.05, 3.63) is 76.0 Å². The Morgan fingerprint density at radius 2 is 1.61 bits per heavy atom. The maximum Gasteiger partial charge on any atom is 0.414 e. The third kappa shape index (κ3) is 7.03. The van der Waals surface area contributed by atoms with Gasteiger partial charge in [0.05, 0.1) is 11.1 Å². The number of nitro benzene ring substituents is 1. The van der Waals surface area contributed by atoms with E-state index in [0.717, 1.165) is 11.1 Å². The number of carboxylic acids is 2. The molecule has 33 heavy (non-hydrogen) atoms. The molecule has 1 aromatic heterocycles. The smallest absolute Gasteiger partial charge is 0.414 e. The number of hydrogen-bond acceptors (Lipinski definition) is 7. The van der Waals surface area contributed by atoms with Crippen LogP contribution in [-0.2, 0) is 15.0 Å². The summed E-state index contributed by atoms with van der Waals surface area (Å²) in [6, 6.07) is 15.0. The Labute approximate surface area is 188 Å². The molecule has 0 amide bonds. The molecule has 0 saturated carbocycles. The normalized spacial score (nSPS) is 11.0. The molecule has 172 valence electrons. The van der Waals surface area contributed by atoms with Gasteiger partial charge in [-0.05, 0) is 47.4 Å². The van der Waals surface area contributed by atoms with Crippen molar-refractivity contribution in [3.8, 4) is 17.1 Å². The Bertz CT molecular complexity index is 1180. The molecule has 3 N–H and O–H groups in total. The molecule has 0 saturated heterocycles. The fourth-order valence-corrected chi connectivity index (χ4v) is 2.55. The minimum absolute atomic E-state index is 0.0290. The summed E-state index contributed by atoms with van der Waals surface area (Å²) >= 11 is 0. The van der Waals surface area contributed by atoms with Crippen LogP contribution in [0, 0.1) is 10.1 Å². The summed E-state index contributed by atoms with van der Waals surface area (Å²) in [5, 5.41) is 35.5. The second kappa shape index (κ2) is 10.2. The number of aliphatic carboxylic acids is 2. The lowest BCUT2D eigenvalue weighted by Gasteiger charge is -2.19. The molecule has 0 spiro atoms. The zero-order valence-electron chi connectivity index (χ0n) is 18.1. The van der Waals surface area contributed by atoms with Crippen LogP contribution in [0.15, 0.2) is 64.0 Å². The average Bonchev–Trinajstić information content (AvgIpc) is 3.22. The molecule has 3 aromatic rings. The van der Waals surface area contributed by atoms with Gasteiger partial charge in [0, 0.05) is 17.7 Å². The van der Waals surface area contributed by atoms with E-state index in [0.29, 0.717) is 17.2 Å². The van der Waals surface area contributed by atoms with E-state index in [9.17, 15) is 15.2 Å². The Morgan fingerprint density at radius 3 is 2.12 bits per heavy atom. The first-order chi connectivity index (χ1) is 15.4. The molecule has 3 rings (SSSR count). The Morgan fingerprint density at radius 1 is 1.00 bits per heavy atom. The van der Waals surface area contributed by atoms with Gasteiger partial charge in [-0.2, -0.15) is 0 Å². The molecular formula is C23H22N2O8. The highest BCUT2D eigenvalue weighted by molar-refractivity contribution is 6.27. The molecule has 0 bridgehead atoms. The van der Waals surface area contributed by atoms with E-state index in [-0.39, 0.29) is 16.9 Å². The second-order valence-corrected chi connectivity index (χ2v) is 7.83. The maximum atomic E-state index is 10.7. The third-order valence-corrected chi connectivity index (χ3v) is 4.34. The third-order valence-electron chi connectivity index (χ3n) is 4.34. The van der Waals surface area contributed by atoms with E-state index in [1.54, 1.807) is 30.3 Å². The molecule has 10 heteroatoms. The SMILES string of the molecule is CC(C)(C)c1ccc(O)c(N=Cc2ccc(-c3ccc([N+](=O)[O-])cc3)o2)c1.O=C(O)C(=O)O. The molecule has 2 aromatic carbocycles. The fraction of sp³-hybridized carbons (Fsp3) is 0.174. The predicted octanol–water partition coefficient (Wildman–Crippen LogP) is 4.76. The molecule has 0 radical (unpaired) electrons. The number of rotatable bonds is 4. The Kier molecular flexibility index (Phi) is 7.68. The number of non-ortho nitro benzene ring substituents is 1. The summed E-state index contributed by atoms with van der Waals surface area (Å²) in [6.07, 6.45) is 1.54. The van der Waals surface area contributed by atoms with Crippen molar-refractivity contribution in [3.63, 3.8) is 0 Å². The minimum atomic E-state index is -1.82. The quantitative estimate of drug-likeness (QED) is 0.220. The van der Waals surface area contributed by atoms with E-state index in [1.165, 1.54) is 18.3 Å². The number of furan rings is 1. The lowest BCUT2D eigenvalue weighted by Crippen LogP contribution is -2.10. The van der Waals surface area contributed by atoms with Crippen molar-refractivity contribution >= 4 is 29.5 Å². The second-order valence-electron chi connectivity index (χ2n) is 7.83. The van der Waals surface area contributed by atoms with E-state index in [2.05, 4.69) is 25.8 Å². The topological polar surface area (TPSA) is 163 Å². The van der Waals surface area contributed by atoms with Crippen LogP contribution < -0.4 is 0 Å². The van der Waals surface area contributed by atoms with Crippen molar-refractivity contribution in [2.75, 3.05) is 0 Å². The van der Waals surface area contributed by atoms with Gasteiger partial charge in [-0.25, -0.2) is 14.6 Å². The van der Waals surface area contributed by atoms with Crippen LogP contribution in [0.5, 0.6) is 5.75 Å². The molecule has 0 aliphatic carbocycles. The fourth-order valence-electron chi connectivity index (χ4n) is 2.55. The van der Waals surface area contributed by atoms with E-state index < -0.39 is 16.9 Å². The van der Waals surface area contributed by atoms with Crippen LogP contribution >= 0.6 is 0 Å². The number of benzene rings is 2. The van der Waals surface area contributed by atoms with Crippen molar-refractivity contribution in [1.82, 2.24) is 0 Å². The number of carbonyl (C=O) groups is 2. The number of phenolic OH excluding ortho intramolecular Hbond substituents is 1. The van der Waals surface area contributed by atoms with Crippen LogP contribution in [0.3, 0.4) is 0 Å². The first-order valence-electron chi connectivity index (χ1n) is 9.57. The summed E-state index contributed by atoms with van der Waals surface area (Å²) < 4.78 is 5.73. The largest absolute Gasteiger partial charge is 0.506 e. The van der Waals surface area contributed by atoms with Gasteiger partial charge in [0.15, 0.2) is 0 Å². The lowest BCUT2D eigenvalue weighted by molar-refractivity contribution is -0.384. The van der Waals surface area contributed by atoms with Crippen molar-refractivity contribution in [1.29, 1.82) is 0 Å². The molecule has 0 atom stereocenters. The van der Waals surface area contributed by atoms with Gasteiger partial charge >= 0.3 is 11.9 Å². The Hall–Kier alpha value is -4.47. The first kappa shape index (κ1) is 24.8. The van der Waals surface area contributed by atoms with Crippen LogP contribution in [0.4, 0.5) is 11.4 Å². The van der Waals surface area contributed by atoms with Gasteiger partial charge in [-0.1, -0.05) is 26.8 Å². The summed E-state index contributed by atoms with van der Waals surface area (Å²) in [4.78, 5) is 32.8. The number of phenols is 1. The summed E-state index contributed by atoms with van der Waals surface area (Å²) in [5.74, 6) is -2.45. The minimum Gasteiger partial charge on any atom is -0.506 e. The number of hydrogen-bond donors (Lipinski definition) is 3. The zero-order valence-corrected chi connectivity index (χ0v) is 18.1. The van der Waals surface area contributed by atoms with Crippen LogP contribution in [0.1, 0.15) is 32.1 Å². The standard InChI is InChI=1S/C21H20N2O4.C2H2O4/c1-21(2,3)15-6-10-19(24)18(12-15)22-13-17-9-11-20(27-17)14-4-7-16(8-5-14)23(25)26;3-1(4)2(5)6/h4-13,24H,1-3H3;(H,3,4)(H,5,6). The van der Waals surface area contributed by atoms with Crippen molar-refractivity contribution in [2.24, 2.45) is 4.99 Å². The molecule has 1 heterocycles. The number of aliphatic imine (C=N–C) groups is 1. The van der Waals surface area contributed by atoms with E-state index in [4.69, 9.17) is 24.2 Å². The highest BCUT2D eigenvalue weighted by atomic mass is 16.6. The van der Waals surface area contributed by atoms with Gasteiger partial charge in [0.25, 0.3) is 5.69 Å². The van der Waals surface area contributed by atoms with Gasteiger partial charge in [0.2, 0.25) is 0 Å². The summed E-state index contributed by atoms with van der Waals surface area (Å²) in [5.41, 5.74) is 2.25. The lowest BCUT2D eigenvalue weighted by atomic mass is 9.87. The first-order valence-corrected chi connectivity index (χ1v) is 9.57. The molecule has 10 nitrogen and oxygen atoms in total. The van der Waals surface area contributed by atoms with E-state index >= 15 is 0 Å². The maximum absolute atomic E-state index is 10.7. The number of nitro groups is 1. The molecule has 0 aliphatic heterocycles. The highest BCUT2D eigenvalue weighted by Gasteiger charge is 2.15. The van der Waals surface area contributed by atoms with Gasteiger partial charge in [-0.15, -0.1) is 0 Å². The Balaban J connectivity index is 0.000000569.